The van der Waals surface area contributed by atoms with Crippen molar-refractivity contribution in [3.63, 3.8) is 0 Å². The van der Waals surface area contributed by atoms with Crippen molar-refractivity contribution < 1.29 is 0 Å². The van der Waals surface area contributed by atoms with E-state index in [0.717, 1.165) is 41.4 Å². The Hall–Kier alpha value is -0.900. The van der Waals surface area contributed by atoms with Crippen molar-refractivity contribution in [3.05, 3.63) is 50.9 Å². The van der Waals surface area contributed by atoms with Gasteiger partial charge in [0.15, 0.2) is 0 Å². The molecular weight excluding hydrogens is 264 g/mol. The van der Waals surface area contributed by atoms with Crippen LogP contribution < -0.4 is 5.32 Å². The fourth-order valence-electron chi connectivity index (χ4n) is 1.79. The molecule has 0 amide bonds. The van der Waals surface area contributed by atoms with Gasteiger partial charge in [-0.1, -0.05) is 29.8 Å². The van der Waals surface area contributed by atoms with Gasteiger partial charge in [-0.3, -0.25) is 0 Å². The van der Waals surface area contributed by atoms with Gasteiger partial charge in [0.25, 0.3) is 0 Å². The molecule has 1 N–H and O–H groups in total. The van der Waals surface area contributed by atoms with Crippen molar-refractivity contribution in [2.24, 2.45) is 0 Å². The molecule has 0 saturated heterocycles. The van der Waals surface area contributed by atoms with Crippen LogP contribution in [0, 0.1) is 0 Å². The SMILES string of the molecule is CNCCCc1cnc(Cc2ccccc2Cl)s1. The van der Waals surface area contributed by atoms with Gasteiger partial charge in [0.1, 0.15) is 0 Å². The van der Waals surface area contributed by atoms with Crippen molar-refractivity contribution in [2.75, 3.05) is 13.6 Å². The third-order valence-corrected chi connectivity index (χ3v) is 4.18. The summed E-state index contributed by atoms with van der Waals surface area (Å²) in [5.41, 5.74) is 1.15. The van der Waals surface area contributed by atoms with Crippen LogP contribution >= 0.6 is 22.9 Å². The van der Waals surface area contributed by atoms with Gasteiger partial charge in [0.05, 0.1) is 5.01 Å². The Labute approximate surface area is 117 Å². The summed E-state index contributed by atoms with van der Waals surface area (Å²) in [5.74, 6) is 0. The molecule has 0 aliphatic rings. The first-order valence-corrected chi connectivity index (χ1v) is 7.30. The molecule has 1 aromatic heterocycles. The predicted molar refractivity (Wildman–Crippen MR) is 78.6 cm³/mol. The summed E-state index contributed by atoms with van der Waals surface area (Å²) in [6, 6.07) is 7.96. The number of aromatic nitrogens is 1. The first-order chi connectivity index (χ1) is 8.79. The molecule has 0 spiro atoms. The molecule has 1 heterocycles. The van der Waals surface area contributed by atoms with Gasteiger partial charge in [-0.25, -0.2) is 4.98 Å². The molecule has 2 nitrogen and oxygen atoms in total. The molecule has 0 aliphatic heterocycles. The molecule has 18 heavy (non-hydrogen) atoms. The van der Waals surface area contributed by atoms with Gasteiger partial charge in [0, 0.05) is 22.5 Å². The molecule has 2 aromatic rings. The smallest absolute Gasteiger partial charge is 0.0972 e. The van der Waals surface area contributed by atoms with Crippen molar-refractivity contribution >= 4 is 22.9 Å². The minimum Gasteiger partial charge on any atom is -0.320 e. The number of nitrogens with one attached hydrogen (secondary N) is 1. The zero-order valence-electron chi connectivity index (χ0n) is 10.4. The van der Waals surface area contributed by atoms with Gasteiger partial charge in [-0.05, 0) is 38.1 Å². The van der Waals surface area contributed by atoms with E-state index in [1.807, 2.05) is 31.4 Å². The standard InChI is InChI=1S/C14H17ClN2S/c1-16-8-4-6-12-10-17-14(18-12)9-11-5-2-3-7-13(11)15/h2-3,5,7,10,16H,4,6,8-9H2,1H3. The lowest BCUT2D eigenvalue weighted by Gasteiger charge is -2.00. The summed E-state index contributed by atoms with van der Waals surface area (Å²) in [4.78, 5) is 5.82. The van der Waals surface area contributed by atoms with Crippen molar-refractivity contribution in [2.45, 2.75) is 19.3 Å². The van der Waals surface area contributed by atoms with E-state index in [4.69, 9.17) is 11.6 Å². The number of halogens is 1. The van der Waals surface area contributed by atoms with Crippen LogP contribution in [0.1, 0.15) is 21.9 Å². The van der Waals surface area contributed by atoms with Crippen molar-refractivity contribution in [1.29, 1.82) is 0 Å². The second-order valence-electron chi connectivity index (χ2n) is 4.20. The number of benzene rings is 1. The van der Waals surface area contributed by atoms with E-state index < -0.39 is 0 Å². The third kappa shape index (κ3) is 3.80. The van der Waals surface area contributed by atoms with E-state index in [1.165, 1.54) is 4.88 Å². The Morgan fingerprint density at radius 3 is 2.94 bits per heavy atom. The highest BCUT2D eigenvalue weighted by molar-refractivity contribution is 7.11. The Bertz CT molecular complexity index is 496. The van der Waals surface area contributed by atoms with Gasteiger partial charge >= 0.3 is 0 Å². The molecular formula is C14H17ClN2S. The normalized spacial score (nSPS) is 10.8. The highest BCUT2D eigenvalue weighted by atomic mass is 35.5. The lowest BCUT2D eigenvalue weighted by Crippen LogP contribution is -2.07. The molecule has 2 rings (SSSR count). The van der Waals surface area contributed by atoms with Crippen LogP contribution in [-0.4, -0.2) is 18.6 Å². The van der Waals surface area contributed by atoms with Gasteiger partial charge in [-0.15, -0.1) is 11.3 Å². The fraction of sp³-hybridized carbons (Fsp3) is 0.357. The molecule has 0 fully saturated rings. The monoisotopic (exact) mass is 280 g/mol. The lowest BCUT2D eigenvalue weighted by molar-refractivity contribution is 0.729. The number of thiazole rings is 1. The van der Waals surface area contributed by atoms with Gasteiger partial charge in [-0.2, -0.15) is 0 Å². The van der Waals surface area contributed by atoms with Crippen LogP contribution in [0.15, 0.2) is 30.5 Å². The van der Waals surface area contributed by atoms with E-state index >= 15 is 0 Å². The van der Waals surface area contributed by atoms with Crippen LogP contribution in [-0.2, 0) is 12.8 Å². The molecule has 0 aliphatic carbocycles. The van der Waals surface area contributed by atoms with E-state index in [0.29, 0.717) is 0 Å². The molecule has 4 heteroatoms. The summed E-state index contributed by atoms with van der Waals surface area (Å²) >= 11 is 7.94. The Morgan fingerprint density at radius 1 is 1.33 bits per heavy atom. The van der Waals surface area contributed by atoms with Crippen LogP contribution in [0.4, 0.5) is 0 Å². The second-order valence-corrected chi connectivity index (χ2v) is 5.80. The summed E-state index contributed by atoms with van der Waals surface area (Å²) in [6.45, 7) is 1.05. The topological polar surface area (TPSA) is 24.9 Å². The average Bonchev–Trinajstić information content (AvgIpc) is 2.80. The zero-order chi connectivity index (χ0) is 12.8. The van der Waals surface area contributed by atoms with E-state index in [2.05, 4.69) is 16.4 Å². The molecule has 0 saturated carbocycles. The molecule has 0 unspecified atom stereocenters. The third-order valence-electron chi connectivity index (χ3n) is 2.75. The molecule has 0 bridgehead atoms. The van der Waals surface area contributed by atoms with E-state index in [-0.39, 0.29) is 0 Å². The number of nitrogens with zero attached hydrogens (tertiary/aromatic N) is 1. The average molecular weight is 281 g/mol. The van der Waals surface area contributed by atoms with Crippen LogP contribution in [0.5, 0.6) is 0 Å². The lowest BCUT2D eigenvalue weighted by atomic mass is 10.2. The number of hydrogen-bond acceptors (Lipinski definition) is 3. The Balaban J connectivity index is 1.96. The summed E-state index contributed by atoms with van der Waals surface area (Å²) in [5, 5.41) is 5.12. The maximum Gasteiger partial charge on any atom is 0.0972 e. The summed E-state index contributed by atoms with van der Waals surface area (Å²) in [7, 11) is 1.98. The first kappa shape index (κ1) is 13.5. The van der Waals surface area contributed by atoms with Crippen LogP contribution in [0.2, 0.25) is 5.02 Å². The van der Waals surface area contributed by atoms with E-state index in [9.17, 15) is 0 Å². The second kappa shape index (κ2) is 6.88. The molecule has 0 atom stereocenters. The van der Waals surface area contributed by atoms with Crippen LogP contribution in [0.25, 0.3) is 0 Å². The maximum atomic E-state index is 6.15. The minimum atomic E-state index is 0.824. The molecule has 0 radical (unpaired) electrons. The zero-order valence-corrected chi connectivity index (χ0v) is 12.0. The Kier molecular flexibility index (Phi) is 5.17. The largest absolute Gasteiger partial charge is 0.320 e. The fourth-order valence-corrected chi connectivity index (χ4v) is 2.98. The Morgan fingerprint density at radius 2 is 2.17 bits per heavy atom. The summed E-state index contributed by atoms with van der Waals surface area (Å²) < 4.78 is 0. The predicted octanol–water partition coefficient (Wildman–Crippen LogP) is 3.54. The van der Waals surface area contributed by atoms with Gasteiger partial charge < -0.3 is 5.32 Å². The number of hydrogen-bond donors (Lipinski definition) is 1. The molecule has 96 valence electrons. The van der Waals surface area contributed by atoms with Crippen molar-refractivity contribution in [3.8, 4) is 0 Å². The van der Waals surface area contributed by atoms with Crippen molar-refractivity contribution in [1.82, 2.24) is 10.3 Å². The summed E-state index contributed by atoms with van der Waals surface area (Å²) in [6.07, 6.45) is 5.08. The highest BCUT2D eigenvalue weighted by Crippen LogP contribution is 2.22. The van der Waals surface area contributed by atoms with Gasteiger partial charge in [0.2, 0.25) is 0 Å². The number of rotatable bonds is 6. The van der Waals surface area contributed by atoms with Crippen LogP contribution in [0.3, 0.4) is 0 Å². The quantitative estimate of drug-likeness (QED) is 0.819. The minimum absolute atomic E-state index is 0.824. The molecule has 1 aromatic carbocycles. The highest BCUT2D eigenvalue weighted by Gasteiger charge is 2.05. The number of aryl methyl sites for hydroxylation is 1. The first-order valence-electron chi connectivity index (χ1n) is 6.11. The van der Waals surface area contributed by atoms with E-state index in [1.54, 1.807) is 11.3 Å². The maximum absolute atomic E-state index is 6.15.